The number of rotatable bonds is 3. The van der Waals surface area contributed by atoms with Crippen molar-refractivity contribution in [1.29, 1.82) is 5.26 Å². The maximum atomic E-state index is 9.66. The zero-order valence-electron chi connectivity index (χ0n) is 23.9. The minimum Gasteiger partial charge on any atom is -0.508 e. The van der Waals surface area contributed by atoms with E-state index in [-0.39, 0.29) is 10.8 Å². The first-order chi connectivity index (χ1) is 17.6. The molecule has 0 amide bonds. The van der Waals surface area contributed by atoms with Gasteiger partial charge in [0.25, 0.3) is 0 Å². The highest BCUT2D eigenvalue weighted by atomic mass is 32.1. The van der Waals surface area contributed by atoms with Gasteiger partial charge in [-0.25, -0.2) is 0 Å². The molecule has 2 aliphatic rings. The van der Waals surface area contributed by atoms with Gasteiger partial charge in [-0.15, -0.1) is 11.3 Å². The van der Waals surface area contributed by atoms with Crippen molar-refractivity contribution in [3.05, 3.63) is 69.6 Å². The Bertz CT molecular complexity index is 1270. The molecule has 2 aliphatic carbocycles. The Morgan fingerprint density at radius 3 is 2.24 bits per heavy atom. The van der Waals surface area contributed by atoms with Crippen LogP contribution >= 0.6 is 11.3 Å². The summed E-state index contributed by atoms with van der Waals surface area (Å²) in [5.74, 6) is 1.43. The number of aryl methyl sites for hydroxylation is 1. The lowest BCUT2D eigenvalue weighted by Crippen LogP contribution is -2.41. The summed E-state index contributed by atoms with van der Waals surface area (Å²) in [5, 5.41) is 19.8. The van der Waals surface area contributed by atoms with Gasteiger partial charge in [-0.05, 0) is 77.5 Å². The molecule has 2 aromatic carbocycles. The Kier molecular flexibility index (Phi) is 8.81. The zero-order valence-corrected chi connectivity index (χ0v) is 24.7. The Hall–Kier alpha value is -2.77. The molecule has 0 aliphatic heterocycles. The summed E-state index contributed by atoms with van der Waals surface area (Å²) in [5.41, 5.74) is 13.5. The minimum absolute atomic E-state index is 0.0830. The van der Waals surface area contributed by atoms with Gasteiger partial charge in [0, 0.05) is 15.7 Å². The highest BCUT2D eigenvalue weighted by molar-refractivity contribution is 7.16. The van der Waals surface area contributed by atoms with Crippen molar-refractivity contribution in [2.24, 2.45) is 11.8 Å². The van der Waals surface area contributed by atoms with Crippen molar-refractivity contribution < 1.29 is 5.11 Å². The first-order valence-electron chi connectivity index (χ1n) is 13.9. The van der Waals surface area contributed by atoms with Gasteiger partial charge in [-0.2, -0.15) is 5.26 Å². The molecule has 37 heavy (non-hydrogen) atoms. The number of nitrogens with two attached hydrogens (primary N) is 1. The summed E-state index contributed by atoms with van der Waals surface area (Å²) in [6, 6.07) is 16.6. The average molecular weight is 517 g/mol. The van der Waals surface area contributed by atoms with Gasteiger partial charge >= 0.3 is 0 Å². The lowest BCUT2D eigenvalue weighted by atomic mass is 9.59. The summed E-state index contributed by atoms with van der Waals surface area (Å²) >= 11 is 1.63. The van der Waals surface area contributed by atoms with Crippen LogP contribution in [-0.4, -0.2) is 5.11 Å². The van der Waals surface area contributed by atoms with Crippen LogP contribution in [0.25, 0.3) is 11.1 Å². The molecule has 1 heterocycles. The molecule has 1 aromatic heterocycles. The van der Waals surface area contributed by atoms with Crippen molar-refractivity contribution in [1.82, 2.24) is 0 Å². The Morgan fingerprint density at radius 1 is 1.03 bits per heavy atom. The van der Waals surface area contributed by atoms with E-state index >= 15 is 0 Å². The number of fused-ring (bicyclic) bond motifs is 4. The fourth-order valence-corrected chi connectivity index (χ4v) is 7.88. The highest BCUT2D eigenvalue weighted by Gasteiger charge is 2.45. The van der Waals surface area contributed by atoms with Gasteiger partial charge in [-0.1, -0.05) is 85.7 Å². The van der Waals surface area contributed by atoms with Gasteiger partial charge in [0.15, 0.2) is 0 Å². The molecule has 0 spiro atoms. The van der Waals surface area contributed by atoms with E-state index in [0.29, 0.717) is 17.6 Å². The Labute approximate surface area is 228 Å². The SMILES string of the molecule is CC.CC(C)C1(C(C)C)CCCc2sc(N)c(C#N)c21.CCC1(C)c2ccccc2-c2cc(O)ccc21. The lowest BCUT2D eigenvalue weighted by Gasteiger charge is -2.45. The fraction of sp³-hybridized carbons (Fsp3) is 0.485. The first kappa shape index (κ1) is 28.8. The van der Waals surface area contributed by atoms with Gasteiger partial charge in [0.2, 0.25) is 0 Å². The van der Waals surface area contributed by atoms with Crippen LogP contribution in [0.2, 0.25) is 0 Å². The number of phenols is 1. The van der Waals surface area contributed by atoms with Gasteiger partial charge in [0.05, 0.1) is 5.56 Å². The van der Waals surface area contributed by atoms with E-state index in [1.807, 2.05) is 19.9 Å². The van der Waals surface area contributed by atoms with E-state index in [4.69, 9.17) is 5.73 Å². The van der Waals surface area contributed by atoms with Crippen molar-refractivity contribution in [3.8, 4) is 22.9 Å². The van der Waals surface area contributed by atoms with Gasteiger partial charge in [-0.3, -0.25) is 0 Å². The minimum atomic E-state index is 0.0830. The first-order valence-corrected chi connectivity index (χ1v) is 14.7. The van der Waals surface area contributed by atoms with Crippen LogP contribution in [0.3, 0.4) is 0 Å². The molecule has 4 heteroatoms. The van der Waals surface area contributed by atoms with Crippen molar-refractivity contribution >= 4 is 16.3 Å². The van der Waals surface area contributed by atoms with E-state index < -0.39 is 0 Å². The van der Waals surface area contributed by atoms with Crippen LogP contribution in [0.4, 0.5) is 5.00 Å². The molecule has 3 N–H and O–H groups in total. The molecule has 0 bridgehead atoms. The van der Waals surface area contributed by atoms with Crippen molar-refractivity contribution in [2.75, 3.05) is 5.73 Å². The molecule has 3 aromatic rings. The van der Waals surface area contributed by atoms with Gasteiger partial charge < -0.3 is 10.8 Å². The summed E-state index contributed by atoms with van der Waals surface area (Å²) < 4.78 is 0. The van der Waals surface area contributed by atoms with Crippen LogP contribution in [0.5, 0.6) is 5.75 Å². The lowest BCUT2D eigenvalue weighted by molar-refractivity contribution is 0.187. The summed E-state index contributed by atoms with van der Waals surface area (Å²) in [4.78, 5) is 1.36. The molecule has 0 saturated carbocycles. The van der Waals surface area contributed by atoms with E-state index in [1.54, 1.807) is 17.4 Å². The molecule has 0 radical (unpaired) electrons. The second-order valence-electron chi connectivity index (χ2n) is 10.9. The number of nitriles is 1. The summed E-state index contributed by atoms with van der Waals surface area (Å²) in [6.07, 6.45) is 4.56. The molecular formula is C33H44N2OS. The van der Waals surface area contributed by atoms with E-state index in [2.05, 4.69) is 77.9 Å². The number of thiophene rings is 1. The maximum absolute atomic E-state index is 9.66. The third-order valence-electron chi connectivity index (χ3n) is 8.76. The number of hydrogen-bond donors (Lipinski definition) is 2. The van der Waals surface area contributed by atoms with Crippen LogP contribution in [-0.2, 0) is 17.3 Å². The Balaban J connectivity index is 0.000000193. The summed E-state index contributed by atoms with van der Waals surface area (Å²) in [7, 11) is 0. The van der Waals surface area contributed by atoms with Crippen molar-refractivity contribution in [3.63, 3.8) is 0 Å². The topological polar surface area (TPSA) is 70.0 Å². The van der Waals surface area contributed by atoms with E-state index in [1.165, 1.54) is 45.5 Å². The molecule has 5 rings (SSSR count). The predicted octanol–water partition coefficient (Wildman–Crippen LogP) is 9.20. The third-order valence-corrected chi connectivity index (χ3v) is 9.84. The molecule has 198 valence electrons. The second kappa shape index (κ2) is 11.3. The van der Waals surface area contributed by atoms with Crippen LogP contribution in [0.1, 0.15) is 102 Å². The number of nitrogens with zero attached hydrogens (tertiary/aromatic N) is 1. The molecule has 0 fully saturated rings. The second-order valence-corrected chi connectivity index (χ2v) is 12.1. The Morgan fingerprint density at radius 2 is 1.65 bits per heavy atom. The largest absolute Gasteiger partial charge is 0.508 e. The van der Waals surface area contributed by atoms with Crippen LogP contribution < -0.4 is 5.73 Å². The quantitative estimate of drug-likeness (QED) is 0.364. The molecule has 1 unspecified atom stereocenters. The van der Waals surface area contributed by atoms with Crippen LogP contribution in [0, 0.1) is 23.2 Å². The third kappa shape index (κ3) is 4.68. The number of hydrogen-bond acceptors (Lipinski definition) is 4. The van der Waals surface area contributed by atoms with Crippen molar-refractivity contribution in [2.45, 2.75) is 91.9 Å². The number of phenolic OH excluding ortho intramolecular Hbond substituents is 1. The van der Waals surface area contributed by atoms with Gasteiger partial charge in [0.1, 0.15) is 16.8 Å². The normalized spacial score (nSPS) is 18.5. The predicted molar refractivity (Wildman–Crippen MR) is 159 cm³/mol. The average Bonchev–Trinajstić information content (AvgIpc) is 3.36. The number of aromatic hydroxyl groups is 1. The molecule has 3 nitrogen and oxygen atoms in total. The van der Waals surface area contributed by atoms with Crippen LogP contribution in [0.15, 0.2) is 42.5 Å². The number of anilines is 1. The number of nitrogen functional groups attached to an aromatic ring is 1. The molecule has 1 atom stereocenters. The zero-order chi connectivity index (χ0) is 27.5. The molecular weight excluding hydrogens is 472 g/mol. The monoisotopic (exact) mass is 516 g/mol. The van der Waals surface area contributed by atoms with E-state index in [0.717, 1.165) is 23.4 Å². The highest BCUT2D eigenvalue weighted by Crippen LogP contribution is 2.53. The summed E-state index contributed by atoms with van der Waals surface area (Å²) in [6.45, 7) is 17.6. The maximum Gasteiger partial charge on any atom is 0.116 e. The smallest absolute Gasteiger partial charge is 0.116 e. The fourth-order valence-electron chi connectivity index (χ4n) is 6.73. The van der Waals surface area contributed by atoms with E-state index in [9.17, 15) is 10.4 Å². The standard InChI is InChI=1S/C16H16O.C15H22N2S.C2H6/c1-3-16(2)14-7-5-4-6-12(14)13-10-11(17)8-9-15(13)16;1-9(2)15(10(3)4)7-5-6-12-13(15)11(8-16)14(17)18-12;1-2/h4-10,17H,3H2,1-2H3;9-10H,5-7,17H2,1-4H3;1-2H3. The number of benzene rings is 2. The molecule has 0 saturated heterocycles.